The molecule has 26 heavy (non-hydrogen) atoms. The second kappa shape index (κ2) is 9.11. The molecule has 0 fully saturated rings. The van der Waals surface area contributed by atoms with Crippen molar-refractivity contribution in [2.45, 2.75) is 33.6 Å². The standard InChI is InChI=1S/C19H25FN6/c1-4-10-23-17-14(5-7-19(2,3)8-9-21)13-24-18(26-17)25-15-6-11-22-16(20)12-15/h6,11-13H,4,8-10,21H2,1-3H3,(H2,22,23,24,25,26). The highest BCUT2D eigenvalue weighted by Gasteiger charge is 2.13. The van der Waals surface area contributed by atoms with Crippen LogP contribution < -0.4 is 16.4 Å². The smallest absolute Gasteiger partial charge is 0.229 e. The maximum absolute atomic E-state index is 13.2. The lowest BCUT2D eigenvalue weighted by molar-refractivity contribution is 0.466. The fourth-order valence-electron chi connectivity index (χ4n) is 2.18. The van der Waals surface area contributed by atoms with Crippen LogP contribution in [-0.4, -0.2) is 28.0 Å². The lowest BCUT2D eigenvalue weighted by Crippen LogP contribution is -2.15. The molecule has 0 spiro atoms. The van der Waals surface area contributed by atoms with Crippen molar-refractivity contribution in [3.63, 3.8) is 0 Å². The molecular formula is C19H25FN6. The molecule has 0 aromatic carbocycles. The summed E-state index contributed by atoms with van der Waals surface area (Å²) in [5.74, 6) is 6.84. The van der Waals surface area contributed by atoms with Gasteiger partial charge in [0.15, 0.2) is 0 Å². The zero-order chi connectivity index (χ0) is 19.0. The number of aromatic nitrogens is 3. The monoisotopic (exact) mass is 356 g/mol. The highest BCUT2D eigenvalue weighted by Crippen LogP contribution is 2.20. The van der Waals surface area contributed by atoms with Gasteiger partial charge in [-0.3, -0.25) is 0 Å². The molecule has 2 heterocycles. The van der Waals surface area contributed by atoms with Gasteiger partial charge in [-0.1, -0.05) is 18.8 Å². The largest absolute Gasteiger partial charge is 0.369 e. The van der Waals surface area contributed by atoms with Crippen molar-refractivity contribution < 1.29 is 4.39 Å². The molecule has 0 saturated heterocycles. The first kappa shape index (κ1) is 19.6. The summed E-state index contributed by atoms with van der Waals surface area (Å²) in [5, 5.41) is 6.24. The Balaban J connectivity index is 2.27. The highest BCUT2D eigenvalue weighted by molar-refractivity contribution is 5.59. The van der Waals surface area contributed by atoms with E-state index >= 15 is 0 Å². The summed E-state index contributed by atoms with van der Waals surface area (Å²) in [6, 6.07) is 2.93. The zero-order valence-corrected chi connectivity index (χ0v) is 15.4. The van der Waals surface area contributed by atoms with E-state index in [9.17, 15) is 4.39 Å². The van der Waals surface area contributed by atoms with Crippen LogP contribution >= 0.6 is 0 Å². The van der Waals surface area contributed by atoms with E-state index in [1.54, 1.807) is 12.3 Å². The predicted octanol–water partition coefficient (Wildman–Crippen LogP) is 3.30. The summed E-state index contributed by atoms with van der Waals surface area (Å²) >= 11 is 0. The summed E-state index contributed by atoms with van der Waals surface area (Å²) < 4.78 is 13.2. The quantitative estimate of drug-likeness (QED) is 0.521. The van der Waals surface area contributed by atoms with E-state index in [-0.39, 0.29) is 5.41 Å². The maximum Gasteiger partial charge on any atom is 0.229 e. The molecule has 0 unspecified atom stereocenters. The normalized spacial score (nSPS) is 10.8. The fourth-order valence-corrected chi connectivity index (χ4v) is 2.18. The third kappa shape index (κ3) is 5.97. The number of hydrogen-bond donors (Lipinski definition) is 3. The van der Waals surface area contributed by atoms with Gasteiger partial charge in [-0.05, 0) is 39.3 Å². The maximum atomic E-state index is 13.2. The minimum Gasteiger partial charge on any atom is -0.369 e. The second-order valence-corrected chi connectivity index (χ2v) is 6.55. The van der Waals surface area contributed by atoms with Gasteiger partial charge in [0.25, 0.3) is 0 Å². The fraction of sp³-hybridized carbons (Fsp3) is 0.421. The molecule has 0 aliphatic rings. The molecule has 2 aromatic heterocycles. The molecule has 0 amide bonds. The van der Waals surface area contributed by atoms with Crippen molar-refractivity contribution in [3.8, 4) is 11.8 Å². The van der Waals surface area contributed by atoms with Crippen molar-refractivity contribution >= 4 is 17.5 Å². The summed E-state index contributed by atoms with van der Waals surface area (Å²) in [7, 11) is 0. The van der Waals surface area contributed by atoms with Gasteiger partial charge < -0.3 is 16.4 Å². The zero-order valence-electron chi connectivity index (χ0n) is 15.4. The van der Waals surface area contributed by atoms with Crippen LogP contribution in [0, 0.1) is 23.2 Å². The lowest BCUT2D eigenvalue weighted by atomic mass is 9.90. The molecule has 0 aliphatic heterocycles. The Morgan fingerprint density at radius 2 is 2.12 bits per heavy atom. The number of anilines is 3. The number of nitrogens with zero attached hydrogens (tertiary/aromatic N) is 3. The molecule has 0 saturated carbocycles. The Kier molecular flexibility index (Phi) is 6.87. The number of halogens is 1. The van der Waals surface area contributed by atoms with Gasteiger partial charge in [-0.2, -0.15) is 9.37 Å². The van der Waals surface area contributed by atoms with Crippen LogP contribution in [0.1, 0.15) is 39.2 Å². The first-order valence-electron chi connectivity index (χ1n) is 8.66. The molecule has 6 nitrogen and oxygen atoms in total. The molecule has 4 N–H and O–H groups in total. The van der Waals surface area contributed by atoms with Crippen LogP contribution in [0.4, 0.5) is 21.8 Å². The van der Waals surface area contributed by atoms with Crippen molar-refractivity contribution in [2.75, 3.05) is 23.7 Å². The first-order chi connectivity index (χ1) is 12.4. The molecule has 0 aliphatic carbocycles. The Morgan fingerprint density at radius 3 is 2.81 bits per heavy atom. The van der Waals surface area contributed by atoms with Gasteiger partial charge in [-0.25, -0.2) is 9.97 Å². The summed E-state index contributed by atoms with van der Waals surface area (Å²) in [4.78, 5) is 12.3. The first-order valence-corrected chi connectivity index (χ1v) is 8.66. The molecule has 138 valence electrons. The highest BCUT2D eigenvalue weighted by atomic mass is 19.1. The third-order valence-corrected chi connectivity index (χ3v) is 3.62. The number of rotatable bonds is 7. The Labute approximate surface area is 153 Å². The van der Waals surface area contributed by atoms with Crippen molar-refractivity contribution in [1.82, 2.24) is 15.0 Å². The third-order valence-electron chi connectivity index (χ3n) is 3.62. The topological polar surface area (TPSA) is 88.8 Å². The minimum atomic E-state index is -0.566. The molecule has 0 bridgehead atoms. The predicted molar refractivity (Wildman–Crippen MR) is 103 cm³/mol. The number of nitrogens with two attached hydrogens (primary N) is 1. The average molecular weight is 356 g/mol. The van der Waals surface area contributed by atoms with Crippen LogP contribution in [-0.2, 0) is 0 Å². The van der Waals surface area contributed by atoms with E-state index in [1.807, 2.05) is 0 Å². The molecule has 0 atom stereocenters. The van der Waals surface area contributed by atoms with E-state index in [4.69, 9.17) is 5.73 Å². The van der Waals surface area contributed by atoms with Gasteiger partial charge in [0.1, 0.15) is 5.82 Å². The minimum absolute atomic E-state index is 0.178. The van der Waals surface area contributed by atoms with Crippen LogP contribution in [0.2, 0.25) is 0 Å². The van der Waals surface area contributed by atoms with Crippen LogP contribution in [0.5, 0.6) is 0 Å². The van der Waals surface area contributed by atoms with E-state index in [0.29, 0.717) is 24.0 Å². The average Bonchev–Trinajstić information content (AvgIpc) is 2.59. The molecule has 7 heteroatoms. The summed E-state index contributed by atoms with van der Waals surface area (Å²) in [5.41, 5.74) is 6.71. The van der Waals surface area contributed by atoms with Crippen LogP contribution in [0.3, 0.4) is 0 Å². The van der Waals surface area contributed by atoms with Gasteiger partial charge in [0, 0.05) is 29.9 Å². The molecule has 2 rings (SSSR count). The van der Waals surface area contributed by atoms with Crippen LogP contribution in [0.15, 0.2) is 24.5 Å². The van der Waals surface area contributed by atoms with E-state index < -0.39 is 5.95 Å². The van der Waals surface area contributed by atoms with Gasteiger partial charge in [-0.15, -0.1) is 0 Å². The van der Waals surface area contributed by atoms with Gasteiger partial charge in [0.2, 0.25) is 11.9 Å². The Hall–Kier alpha value is -2.72. The van der Waals surface area contributed by atoms with Crippen molar-refractivity contribution in [1.29, 1.82) is 0 Å². The van der Waals surface area contributed by atoms with Gasteiger partial charge in [0.05, 0.1) is 11.8 Å². The van der Waals surface area contributed by atoms with E-state index in [1.165, 1.54) is 12.3 Å². The van der Waals surface area contributed by atoms with Crippen molar-refractivity contribution in [3.05, 3.63) is 36.0 Å². The molecular weight excluding hydrogens is 331 g/mol. The Morgan fingerprint density at radius 1 is 1.31 bits per heavy atom. The van der Waals surface area contributed by atoms with Crippen LogP contribution in [0.25, 0.3) is 0 Å². The number of hydrogen-bond acceptors (Lipinski definition) is 6. The SMILES string of the molecule is CCCNc1nc(Nc2ccnc(F)c2)ncc1C#CC(C)(C)CCN. The molecule has 0 radical (unpaired) electrons. The van der Waals surface area contributed by atoms with E-state index in [0.717, 1.165) is 24.9 Å². The Bertz CT molecular complexity index is 794. The number of nitrogens with one attached hydrogen (secondary N) is 2. The van der Waals surface area contributed by atoms with E-state index in [2.05, 4.69) is 58.2 Å². The molecule has 2 aromatic rings. The number of pyridine rings is 1. The second-order valence-electron chi connectivity index (χ2n) is 6.55. The van der Waals surface area contributed by atoms with Gasteiger partial charge >= 0.3 is 0 Å². The lowest BCUT2D eigenvalue weighted by Gasteiger charge is -2.15. The van der Waals surface area contributed by atoms with Crippen molar-refractivity contribution in [2.24, 2.45) is 11.1 Å². The summed E-state index contributed by atoms with van der Waals surface area (Å²) in [6.07, 6.45) is 4.81. The summed E-state index contributed by atoms with van der Waals surface area (Å²) in [6.45, 7) is 7.54.